The van der Waals surface area contributed by atoms with Crippen LogP contribution in [0, 0.1) is 0 Å². The molecule has 3 aromatic rings. The summed E-state index contributed by atoms with van der Waals surface area (Å²) >= 11 is 5.87. The molecule has 1 aliphatic rings. The Kier molecular flexibility index (Phi) is 4.40. The molecule has 27 heavy (non-hydrogen) atoms. The molecular weight excluding hydrogens is 364 g/mol. The Morgan fingerprint density at radius 1 is 1.26 bits per heavy atom. The second kappa shape index (κ2) is 6.74. The first-order valence-corrected chi connectivity index (χ1v) is 9.27. The number of carbonyl (C=O) groups is 1. The van der Waals surface area contributed by atoms with Gasteiger partial charge in [-0.3, -0.25) is 9.59 Å². The molecule has 1 aromatic heterocycles. The van der Waals surface area contributed by atoms with E-state index in [9.17, 15) is 14.7 Å². The SMILES string of the molecule is C[C@H]1Cc2cccc3c(O)c(C(=O)NCCc4ccc(Cl)cc4)c(=O)n1c23. The normalized spacial score (nSPS) is 15.3. The Morgan fingerprint density at radius 2 is 2.00 bits per heavy atom. The summed E-state index contributed by atoms with van der Waals surface area (Å²) in [6, 6.07) is 12.9. The Balaban J connectivity index is 1.63. The van der Waals surface area contributed by atoms with Gasteiger partial charge in [-0.2, -0.15) is 0 Å². The third-order valence-electron chi connectivity index (χ3n) is 5.08. The van der Waals surface area contributed by atoms with Gasteiger partial charge in [0, 0.05) is 23.0 Å². The Bertz CT molecular complexity index is 1100. The molecule has 2 heterocycles. The number of hydrogen-bond acceptors (Lipinski definition) is 3. The van der Waals surface area contributed by atoms with Crippen LogP contribution in [-0.2, 0) is 12.8 Å². The zero-order valence-corrected chi connectivity index (χ0v) is 15.6. The fraction of sp³-hybridized carbons (Fsp3) is 0.238. The maximum absolute atomic E-state index is 12.9. The van der Waals surface area contributed by atoms with Crippen molar-refractivity contribution in [2.75, 3.05) is 6.54 Å². The quantitative estimate of drug-likeness (QED) is 0.726. The van der Waals surface area contributed by atoms with Crippen LogP contribution in [0.5, 0.6) is 5.75 Å². The lowest BCUT2D eigenvalue weighted by atomic mass is 10.1. The number of rotatable bonds is 4. The fourth-order valence-corrected chi connectivity index (χ4v) is 3.91. The molecule has 4 rings (SSSR count). The van der Waals surface area contributed by atoms with Gasteiger partial charge in [-0.05, 0) is 49.1 Å². The van der Waals surface area contributed by atoms with Gasteiger partial charge >= 0.3 is 0 Å². The first-order chi connectivity index (χ1) is 13.0. The summed E-state index contributed by atoms with van der Waals surface area (Å²) < 4.78 is 1.62. The summed E-state index contributed by atoms with van der Waals surface area (Å²) in [5, 5.41) is 14.6. The van der Waals surface area contributed by atoms with Gasteiger partial charge in [-0.1, -0.05) is 35.9 Å². The molecule has 6 heteroatoms. The predicted molar refractivity (Wildman–Crippen MR) is 106 cm³/mol. The van der Waals surface area contributed by atoms with Crippen molar-refractivity contribution in [3.05, 3.63) is 74.5 Å². The maximum Gasteiger partial charge on any atom is 0.267 e. The number of aromatic nitrogens is 1. The molecule has 1 aliphatic heterocycles. The van der Waals surface area contributed by atoms with E-state index in [0.717, 1.165) is 16.6 Å². The zero-order chi connectivity index (χ0) is 19.1. The highest BCUT2D eigenvalue weighted by molar-refractivity contribution is 6.30. The lowest BCUT2D eigenvalue weighted by Crippen LogP contribution is -2.34. The second-order valence-electron chi connectivity index (χ2n) is 6.90. The highest BCUT2D eigenvalue weighted by atomic mass is 35.5. The van der Waals surface area contributed by atoms with Crippen LogP contribution in [-0.4, -0.2) is 22.1 Å². The van der Waals surface area contributed by atoms with E-state index < -0.39 is 11.5 Å². The Morgan fingerprint density at radius 3 is 2.74 bits per heavy atom. The van der Waals surface area contributed by atoms with Crippen LogP contribution >= 0.6 is 11.6 Å². The molecule has 0 saturated carbocycles. The van der Waals surface area contributed by atoms with Crippen molar-refractivity contribution in [1.82, 2.24) is 9.88 Å². The van der Waals surface area contributed by atoms with Crippen molar-refractivity contribution >= 4 is 28.4 Å². The van der Waals surface area contributed by atoms with Crippen molar-refractivity contribution in [2.45, 2.75) is 25.8 Å². The molecule has 0 bridgehead atoms. The van der Waals surface area contributed by atoms with E-state index in [1.54, 1.807) is 22.8 Å². The molecule has 0 fully saturated rings. The van der Waals surface area contributed by atoms with Gasteiger partial charge in [-0.25, -0.2) is 0 Å². The van der Waals surface area contributed by atoms with E-state index in [-0.39, 0.29) is 17.4 Å². The topological polar surface area (TPSA) is 71.3 Å². The Labute approximate surface area is 161 Å². The van der Waals surface area contributed by atoms with Crippen LogP contribution in [0.1, 0.15) is 34.5 Å². The van der Waals surface area contributed by atoms with Crippen LogP contribution in [0.4, 0.5) is 0 Å². The Hall–Kier alpha value is -2.79. The molecule has 0 aliphatic carbocycles. The van der Waals surface area contributed by atoms with Crippen molar-refractivity contribution in [3.63, 3.8) is 0 Å². The van der Waals surface area contributed by atoms with Gasteiger partial charge in [-0.15, -0.1) is 0 Å². The monoisotopic (exact) mass is 382 g/mol. The average Bonchev–Trinajstić information content (AvgIpc) is 2.98. The molecule has 2 aromatic carbocycles. The van der Waals surface area contributed by atoms with Crippen molar-refractivity contribution in [3.8, 4) is 5.75 Å². The number of nitrogens with zero attached hydrogens (tertiary/aromatic N) is 1. The summed E-state index contributed by atoms with van der Waals surface area (Å²) in [5.74, 6) is -0.798. The number of pyridine rings is 1. The molecule has 0 radical (unpaired) electrons. The van der Waals surface area contributed by atoms with Gasteiger partial charge in [0.2, 0.25) is 0 Å². The molecule has 5 nitrogen and oxygen atoms in total. The van der Waals surface area contributed by atoms with Gasteiger partial charge in [0.25, 0.3) is 11.5 Å². The number of benzene rings is 2. The number of halogens is 1. The van der Waals surface area contributed by atoms with Crippen LogP contribution in [0.15, 0.2) is 47.3 Å². The average molecular weight is 383 g/mol. The third-order valence-corrected chi connectivity index (χ3v) is 5.33. The van der Waals surface area contributed by atoms with Gasteiger partial charge in [0.05, 0.1) is 5.52 Å². The summed E-state index contributed by atoms with van der Waals surface area (Å²) in [6.45, 7) is 2.30. The van der Waals surface area contributed by atoms with Crippen LogP contribution in [0.2, 0.25) is 5.02 Å². The van der Waals surface area contributed by atoms with E-state index in [0.29, 0.717) is 29.8 Å². The van der Waals surface area contributed by atoms with Crippen molar-refractivity contribution < 1.29 is 9.90 Å². The first-order valence-electron chi connectivity index (χ1n) is 8.89. The van der Waals surface area contributed by atoms with Gasteiger partial charge < -0.3 is 15.0 Å². The summed E-state index contributed by atoms with van der Waals surface area (Å²) in [4.78, 5) is 25.6. The number of nitrogens with one attached hydrogen (secondary N) is 1. The standard InChI is InChI=1S/C21H19ClN2O3/c1-12-11-14-3-2-4-16-18(14)24(12)21(27)17(19(16)25)20(26)23-10-9-13-5-7-15(22)8-6-13/h2-8,12,25H,9-11H2,1H3,(H,23,26)/t12-/m0/s1. The minimum atomic E-state index is -0.554. The summed E-state index contributed by atoms with van der Waals surface area (Å²) in [7, 11) is 0. The fourth-order valence-electron chi connectivity index (χ4n) is 3.78. The number of hydrogen-bond donors (Lipinski definition) is 2. The van der Waals surface area contributed by atoms with Crippen LogP contribution in [0.25, 0.3) is 10.9 Å². The largest absolute Gasteiger partial charge is 0.506 e. The number of para-hydroxylation sites is 1. The number of amides is 1. The van der Waals surface area contributed by atoms with Crippen LogP contribution in [0.3, 0.4) is 0 Å². The maximum atomic E-state index is 12.9. The van der Waals surface area contributed by atoms with E-state index in [1.807, 2.05) is 31.2 Å². The highest BCUT2D eigenvalue weighted by Crippen LogP contribution is 2.35. The molecule has 0 saturated heterocycles. The predicted octanol–water partition coefficient (Wildman–Crippen LogP) is 3.45. The molecule has 1 atom stereocenters. The number of carbonyl (C=O) groups excluding carboxylic acids is 1. The van der Waals surface area contributed by atoms with Crippen molar-refractivity contribution in [2.24, 2.45) is 0 Å². The van der Waals surface area contributed by atoms with Gasteiger partial charge in [0.15, 0.2) is 0 Å². The first kappa shape index (κ1) is 17.6. The van der Waals surface area contributed by atoms with Gasteiger partial charge in [0.1, 0.15) is 11.3 Å². The molecule has 2 N–H and O–H groups in total. The van der Waals surface area contributed by atoms with E-state index in [1.165, 1.54) is 0 Å². The molecule has 1 amide bonds. The van der Waals surface area contributed by atoms with E-state index in [2.05, 4.69) is 5.32 Å². The third kappa shape index (κ3) is 2.98. The molecule has 0 spiro atoms. The smallest absolute Gasteiger partial charge is 0.267 e. The minimum Gasteiger partial charge on any atom is -0.506 e. The molecule has 0 unspecified atom stereocenters. The zero-order valence-electron chi connectivity index (χ0n) is 14.8. The van der Waals surface area contributed by atoms with E-state index in [4.69, 9.17) is 11.6 Å². The summed E-state index contributed by atoms with van der Waals surface area (Å²) in [6.07, 6.45) is 1.32. The minimum absolute atomic E-state index is 0.0429. The van der Waals surface area contributed by atoms with Crippen molar-refractivity contribution in [1.29, 1.82) is 0 Å². The summed E-state index contributed by atoms with van der Waals surface area (Å²) in [5.41, 5.74) is 2.13. The number of aromatic hydroxyl groups is 1. The highest BCUT2D eigenvalue weighted by Gasteiger charge is 2.29. The lowest BCUT2D eigenvalue weighted by molar-refractivity contribution is 0.0949. The molecule has 138 valence electrons. The van der Waals surface area contributed by atoms with Crippen LogP contribution < -0.4 is 10.9 Å². The second-order valence-corrected chi connectivity index (χ2v) is 7.33. The molecular formula is C21H19ClN2O3. The lowest BCUT2D eigenvalue weighted by Gasteiger charge is -2.14. The van der Waals surface area contributed by atoms with E-state index >= 15 is 0 Å².